The predicted molar refractivity (Wildman–Crippen MR) is 71.1 cm³/mol. The number of ether oxygens (including phenoxy) is 2. The van der Waals surface area contributed by atoms with Crippen molar-refractivity contribution in [2.75, 3.05) is 13.7 Å². The summed E-state index contributed by atoms with van der Waals surface area (Å²) in [6.07, 6.45) is 4.29. The molecule has 100 valence electrons. The molecule has 0 radical (unpaired) electrons. The highest BCUT2D eigenvalue weighted by Gasteiger charge is 2.20. The lowest BCUT2D eigenvalue weighted by Crippen LogP contribution is -2.19. The molecule has 18 heavy (non-hydrogen) atoms. The lowest BCUT2D eigenvalue weighted by molar-refractivity contribution is 0.0890. The van der Waals surface area contributed by atoms with Crippen molar-refractivity contribution in [2.45, 2.75) is 38.5 Å². The molecule has 1 heterocycles. The third kappa shape index (κ3) is 4.12. The molecule has 0 aromatic carbocycles. The molecule has 0 amide bonds. The zero-order valence-corrected chi connectivity index (χ0v) is 11.5. The second-order valence-corrected chi connectivity index (χ2v) is 5.08. The van der Waals surface area contributed by atoms with E-state index in [9.17, 15) is 0 Å². The van der Waals surface area contributed by atoms with Crippen LogP contribution in [0.4, 0.5) is 0 Å². The van der Waals surface area contributed by atoms with E-state index in [1.54, 1.807) is 13.3 Å². The van der Waals surface area contributed by atoms with Gasteiger partial charge in [-0.3, -0.25) is 0 Å². The molecule has 0 spiro atoms. The molecule has 4 nitrogen and oxygen atoms in total. The Hall–Kier alpha value is -0.840. The topological polar surface area (TPSA) is 43.4 Å². The van der Waals surface area contributed by atoms with Gasteiger partial charge in [0, 0.05) is 25.9 Å². The molecular weight excluding hydrogens is 252 g/mol. The fourth-order valence-corrected chi connectivity index (χ4v) is 1.89. The smallest absolute Gasteiger partial charge is 0.232 e. The van der Waals surface area contributed by atoms with Gasteiger partial charge in [0.15, 0.2) is 0 Å². The summed E-state index contributed by atoms with van der Waals surface area (Å²) < 4.78 is 10.6. The van der Waals surface area contributed by atoms with Crippen molar-refractivity contribution in [3.8, 4) is 5.88 Å². The maximum atomic E-state index is 6.15. The summed E-state index contributed by atoms with van der Waals surface area (Å²) in [6, 6.07) is 2.58. The van der Waals surface area contributed by atoms with Crippen LogP contribution in [0.1, 0.15) is 25.3 Å². The highest BCUT2D eigenvalue weighted by atomic mass is 35.5. The first-order valence-corrected chi connectivity index (χ1v) is 6.60. The van der Waals surface area contributed by atoms with Crippen molar-refractivity contribution in [3.05, 3.63) is 22.8 Å². The van der Waals surface area contributed by atoms with Crippen LogP contribution in [0.5, 0.6) is 5.88 Å². The number of nitrogens with one attached hydrogen (secondary N) is 1. The molecule has 0 aliphatic heterocycles. The van der Waals surface area contributed by atoms with Crippen molar-refractivity contribution in [1.82, 2.24) is 10.3 Å². The minimum atomic E-state index is -0.0598. The maximum Gasteiger partial charge on any atom is 0.232 e. The van der Waals surface area contributed by atoms with Gasteiger partial charge in [-0.2, -0.15) is 0 Å². The molecule has 1 atom stereocenters. The van der Waals surface area contributed by atoms with Crippen molar-refractivity contribution >= 4 is 11.6 Å². The van der Waals surface area contributed by atoms with Crippen LogP contribution in [-0.2, 0) is 11.3 Å². The summed E-state index contributed by atoms with van der Waals surface area (Å²) in [7, 11) is 1.64. The molecule has 1 saturated carbocycles. The Labute approximate surface area is 113 Å². The molecule has 1 N–H and O–H groups in total. The normalized spacial score (nSPS) is 16.6. The molecule has 0 bridgehead atoms. The zero-order chi connectivity index (χ0) is 13.0. The SMILES string of the molecule is COCC(C)Oc1ncc(CNC2CC2)cc1Cl. The van der Waals surface area contributed by atoms with Gasteiger partial charge in [0.1, 0.15) is 11.1 Å². The van der Waals surface area contributed by atoms with Gasteiger partial charge < -0.3 is 14.8 Å². The summed E-state index contributed by atoms with van der Waals surface area (Å²) in [4.78, 5) is 4.25. The lowest BCUT2D eigenvalue weighted by Gasteiger charge is -2.14. The Morgan fingerprint density at radius 2 is 2.33 bits per heavy atom. The molecule has 1 unspecified atom stereocenters. The van der Waals surface area contributed by atoms with Crippen LogP contribution < -0.4 is 10.1 Å². The van der Waals surface area contributed by atoms with Gasteiger partial charge in [0.05, 0.1) is 6.61 Å². The first-order valence-electron chi connectivity index (χ1n) is 6.22. The van der Waals surface area contributed by atoms with E-state index < -0.39 is 0 Å². The van der Waals surface area contributed by atoms with Crippen LogP contribution in [0.2, 0.25) is 5.02 Å². The zero-order valence-electron chi connectivity index (χ0n) is 10.8. The highest BCUT2D eigenvalue weighted by molar-refractivity contribution is 6.31. The molecule has 5 heteroatoms. The Balaban J connectivity index is 1.90. The summed E-state index contributed by atoms with van der Waals surface area (Å²) in [6.45, 7) is 3.25. The van der Waals surface area contributed by atoms with E-state index in [1.807, 2.05) is 13.0 Å². The first kappa shape index (κ1) is 13.6. The Kier molecular flexibility index (Phi) is 4.80. The Morgan fingerprint density at radius 1 is 1.56 bits per heavy atom. The van der Waals surface area contributed by atoms with E-state index in [-0.39, 0.29) is 6.10 Å². The van der Waals surface area contributed by atoms with Crippen LogP contribution in [0.15, 0.2) is 12.3 Å². The minimum Gasteiger partial charge on any atom is -0.471 e. The molecule has 1 aromatic heterocycles. The average molecular weight is 271 g/mol. The third-order valence-corrected chi connectivity index (χ3v) is 3.02. The number of aromatic nitrogens is 1. The Morgan fingerprint density at radius 3 is 2.94 bits per heavy atom. The molecule has 1 aliphatic rings. The minimum absolute atomic E-state index is 0.0598. The highest BCUT2D eigenvalue weighted by Crippen LogP contribution is 2.24. The number of hydrogen-bond donors (Lipinski definition) is 1. The largest absolute Gasteiger partial charge is 0.471 e. The van der Waals surface area contributed by atoms with Crippen molar-refractivity contribution in [3.63, 3.8) is 0 Å². The molecule has 1 aromatic rings. The number of rotatable bonds is 7. The number of methoxy groups -OCH3 is 1. The number of halogens is 1. The van der Waals surface area contributed by atoms with E-state index >= 15 is 0 Å². The molecule has 0 saturated heterocycles. The summed E-state index contributed by atoms with van der Waals surface area (Å²) in [5.41, 5.74) is 1.08. The van der Waals surface area contributed by atoms with E-state index in [4.69, 9.17) is 21.1 Å². The average Bonchev–Trinajstić information content (AvgIpc) is 3.14. The van der Waals surface area contributed by atoms with E-state index in [0.29, 0.717) is 23.6 Å². The second kappa shape index (κ2) is 6.36. The maximum absolute atomic E-state index is 6.15. The van der Waals surface area contributed by atoms with Crippen LogP contribution in [-0.4, -0.2) is 30.8 Å². The quantitative estimate of drug-likeness (QED) is 0.826. The van der Waals surface area contributed by atoms with Crippen molar-refractivity contribution in [1.29, 1.82) is 0 Å². The third-order valence-electron chi connectivity index (χ3n) is 2.75. The lowest BCUT2D eigenvalue weighted by atomic mass is 10.3. The van der Waals surface area contributed by atoms with Gasteiger partial charge in [-0.25, -0.2) is 4.98 Å². The fraction of sp³-hybridized carbons (Fsp3) is 0.615. The van der Waals surface area contributed by atoms with Gasteiger partial charge in [-0.1, -0.05) is 11.6 Å². The standard InChI is InChI=1S/C13H19ClN2O2/c1-9(8-17-2)18-13-12(14)5-10(7-16-13)6-15-11-3-4-11/h5,7,9,11,15H,3-4,6,8H2,1-2H3. The van der Waals surface area contributed by atoms with Gasteiger partial charge >= 0.3 is 0 Å². The first-order chi connectivity index (χ1) is 8.69. The second-order valence-electron chi connectivity index (χ2n) is 4.67. The van der Waals surface area contributed by atoms with Gasteiger partial charge in [-0.15, -0.1) is 0 Å². The number of hydrogen-bond acceptors (Lipinski definition) is 4. The number of nitrogens with zero attached hydrogens (tertiary/aromatic N) is 1. The van der Waals surface area contributed by atoms with E-state index in [1.165, 1.54) is 12.8 Å². The fourth-order valence-electron chi connectivity index (χ4n) is 1.66. The summed E-state index contributed by atoms with van der Waals surface area (Å²) in [5.74, 6) is 0.469. The van der Waals surface area contributed by atoms with Crippen molar-refractivity contribution in [2.24, 2.45) is 0 Å². The van der Waals surface area contributed by atoms with E-state index in [0.717, 1.165) is 12.1 Å². The van der Waals surface area contributed by atoms with E-state index in [2.05, 4.69) is 10.3 Å². The van der Waals surface area contributed by atoms with Crippen molar-refractivity contribution < 1.29 is 9.47 Å². The van der Waals surface area contributed by atoms with Crippen LogP contribution >= 0.6 is 11.6 Å². The molecule has 1 aliphatic carbocycles. The van der Waals surface area contributed by atoms with Crippen LogP contribution in [0, 0.1) is 0 Å². The monoisotopic (exact) mass is 270 g/mol. The summed E-state index contributed by atoms with van der Waals surface area (Å²) in [5, 5.41) is 3.97. The van der Waals surface area contributed by atoms with Gasteiger partial charge in [0.2, 0.25) is 5.88 Å². The van der Waals surface area contributed by atoms with Crippen LogP contribution in [0.3, 0.4) is 0 Å². The Bertz CT molecular complexity index is 397. The molecule has 1 fully saturated rings. The predicted octanol–water partition coefficient (Wildman–Crippen LogP) is 2.40. The molecule has 2 rings (SSSR count). The van der Waals surface area contributed by atoms with Crippen LogP contribution in [0.25, 0.3) is 0 Å². The molecular formula is C13H19ClN2O2. The number of pyridine rings is 1. The summed E-state index contributed by atoms with van der Waals surface area (Å²) >= 11 is 6.15. The van der Waals surface area contributed by atoms with Gasteiger partial charge in [0.25, 0.3) is 0 Å². The van der Waals surface area contributed by atoms with Gasteiger partial charge in [-0.05, 0) is 31.4 Å².